The Labute approximate surface area is 103 Å². The number of thiophene rings is 1. The second kappa shape index (κ2) is 5.83. The molecule has 1 aliphatic carbocycles. The first kappa shape index (κ1) is 12.1. The third-order valence-electron chi connectivity index (χ3n) is 3.41. The van der Waals surface area contributed by atoms with E-state index < -0.39 is 0 Å². The molecule has 0 radical (unpaired) electrons. The zero-order valence-corrected chi connectivity index (χ0v) is 11.2. The van der Waals surface area contributed by atoms with Gasteiger partial charge >= 0.3 is 0 Å². The van der Waals surface area contributed by atoms with Gasteiger partial charge in [0.15, 0.2) is 0 Å². The van der Waals surface area contributed by atoms with Crippen LogP contribution in [0.5, 0.6) is 0 Å². The van der Waals surface area contributed by atoms with Crippen LogP contribution in [0.25, 0.3) is 0 Å². The average Bonchev–Trinajstić information content (AvgIpc) is 2.98. The lowest BCUT2D eigenvalue weighted by Gasteiger charge is -2.22. The first-order chi connectivity index (χ1) is 7.79. The van der Waals surface area contributed by atoms with Crippen LogP contribution in [-0.4, -0.2) is 12.1 Å². The standard InChI is InChI=1S/C14H23NS/c1-3-4-14(13-5-6-13)15-11(2)9-12-7-8-16-10-12/h7-8,10-11,13-15H,3-6,9H2,1-2H3. The molecule has 1 fully saturated rings. The summed E-state index contributed by atoms with van der Waals surface area (Å²) in [6.07, 6.45) is 6.72. The van der Waals surface area contributed by atoms with E-state index in [1.54, 1.807) is 11.3 Å². The van der Waals surface area contributed by atoms with Gasteiger partial charge in [0.05, 0.1) is 0 Å². The van der Waals surface area contributed by atoms with E-state index in [0.29, 0.717) is 6.04 Å². The zero-order chi connectivity index (χ0) is 11.4. The summed E-state index contributed by atoms with van der Waals surface area (Å²) in [5.41, 5.74) is 1.48. The minimum atomic E-state index is 0.617. The summed E-state index contributed by atoms with van der Waals surface area (Å²) in [7, 11) is 0. The molecule has 2 atom stereocenters. The monoisotopic (exact) mass is 237 g/mol. The third kappa shape index (κ3) is 3.60. The predicted octanol–water partition coefficient (Wildman–Crippen LogP) is 3.85. The molecule has 1 aliphatic rings. The van der Waals surface area contributed by atoms with Crippen LogP contribution in [0, 0.1) is 5.92 Å². The van der Waals surface area contributed by atoms with E-state index in [2.05, 4.69) is 36.0 Å². The maximum absolute atomic E-state index is 3.82. The Morgan fingerprint density at radius 3 is 2.88 bits per heavy atom. The van der Waals surface area contributed by atoms with E-state index in [9.17, 15) is 0 Å². The van der Waals surface area contributed by atoms with E-state index >= 15 is 0 Å². The summed E-state index contributed by atoms with van der Waals surface area (Å²) in [4.78, 5) is 0. The van der Waals surface area contributed by atoms with Crippen LogP contribution >= 0.6 is 11.3 Å². The lowest BCUT2D eigenvalue weighted by atomic mass is 10.0. The average molecular weight is 237 g/mol. The molecule has 0 amide bonds. The van der Waals surface area contributed by atoms with Crippen molar-refractivity contribution in [2.24, 2.45) is 5.92 Å². The Bertz CT molecular complexity index is 290. The van der Waals surface area contributed by atoms with Crippen LogP contribution < -0.4 is 5.32 Å². The number of hydrogen-bond acceptors (Lipinski definition) is 2. The molecule has 0 bridgehead atoms. The molecule has 2 unspecified atom stereocenters. The highest BCUT2D eigenvalue weighted by molar-refractivity contribution is 7.07. The fourth-order valence-electron chi connectivity index (χ4n) is 2.45. The second-order valence-corrected chi connectivity index (χ2v) is 5.92. The molecule has 0 saturated heterocycles. The lowest BCUT2D eigenvalue weighted by Crippen LogP contribution is -2.39. The van der Waals surface area contributed by atoms with E-state index in [4.69, 9.17) is 0 Å². The van der Waals surface area contributed by atoms with Gasteiger partial charge in [-0.25, -0.2) is 0 Å². The van der Waals surface area contributed by atoms with Gasteiger partial charge < -0.3 is 5.32 Å². The first-order valence-electron chi connectivity index (χ1n) is 6.56. The molecule has 16 heavy (non-hydrogen) atoms. The van der Waals surface area contributed by atoms with Crippen molar-refractivity contribution in [2.45, 2.75) is 58.0 Å². The molecule has 0 aliphatic heterocycles. The predicted molar refractivity (Wildman–Crippen MR) is 72.0 cm³/mol. The fraction of sp³-hybridized carbons (Fsp3) is 0.714. The van der Waals surface area contributed by atoms with Gasteiger partial charge in [0.25, 0.3) is 0 Å². The van der Waals surface area contributed by atoms with Crippen molar-refractivity contribution < 1.29 is 0 Å². The highest BCUT2D eigenvalue weighted by Crippen LogP contribution is 2.34. The molecule has 0 aromatic carbocycles. The SMILES string of the molecule is CCCC(NC(C)Cc1ccsc1)C1CC1. The quantitative estimate of drug-likeness (QED) is 0.759. The molecule has 1 aromatic rings. The minimum Gasteiger partial charge on any atom is -0.311 e. The normalized spacial score (nSPS) is 19.6. The molecule has 1 N–H and O–H groups in total. The highest BCUT2D eigenvalue weighted by atomic mass is 32.1. The van der Waals surface area contributed by atoms with E-state index in [1.807, 2.05) is 0 Å². The summed E-state index contributed by atoms with van der Waals surface area (Å²) < 4.78 is 0. The van der Waals surface area contributed by atoms with Crippen LogP contribution in [0.2, 0.25) is 0 Å². The van der Waals surface area contributed by atoms with Gasteiger partial charge in [-0.05, 0) is 60.9 Å². The van der Waals surface area contributed by atoms with E-state index in [1.165, 1.54) is 37.7 Å². The van der Waals surface area contributed by atoms with Crippen molar-refractivity contribution in [3.05, 3.63) is 22.4 Å². The molecular formula is C14H23NS. The van der Waals surface area contributed by atoms with Crippen LogP contribution in [-0.2, 0) is 6.42 Å². The van der Waals surface area contributed by atoms with Crippen molar-refractivity contribution in [1.29, 1.82) is 0 Å². The summed E-state index contributed by atoms with van der Waals surface area (Å²) >= 11 is 1.80. The smallest absolute Gasteiger partial charge is 0.00978 e. The topological polar surface area (TPSA) is 12.0 Å². The van der Waals surface area contributed by atoms with Crippen molar-refractivity contribution in [2.75, 3.05) is 0 Å². The minimum absolute atomic E-state index is 0.617. The third-order valence-corrected chi connectivity index (χ3v) is 4.14. The van der Waals surface area contributed by atoms with Crippen molar-refractivity contribution >= 4 is 11.3 Å². The van der Waals surface area contributed by atoms with Gasteiger partial charge in [-0.1, -0.05) is 13.3 Å². The van der Waals surface area contributed by atoms with Crippen molar-refractivity contribution in [3.63, 3.8) is 0 Å². The first-order valence-corrected chi connectivity index (χ1v) is 7.51. The Morgan fingerprint density at radius 1 is 1.50 bits per heavy atom. The van der Waals surface area contributed by atoms with Gasteiger partial charge in [-0.2, -0.15) is 11.3 Å². The molecule has 2 heteroatoms. The Hall–Kier alpha value is -0.340. The van der Waals surface area contributed by atoms with Gasteiger partial charge in [0.1, 0.15) is 0 Å². The summed E-state index contributed by atoms with van der Waals surface area (Å²) in [6.45, 7) is 4.61. The maximum Gasteiger partial charge on any atom is 0.00978 e. The van der Waals surface area contributed by atoms with Gasteiger partial charge in [0.2, 0.25) is 0 Å². The van der Waals surface area contributed by atoms with Crippen molar-refractivity contribution in [1.82, 2.24) is 5.32 Å². The second-order valence-electron chi connectivity index (χ2n) is 5.14. The Balaban J connectivity index is 1.78. The van der Waals surface area contributed by atoms with Crippen LogP contribution in [0.1, 0.15) is 45.1 Å². The summed E-state index contributed by atoms with van der Waals surface area (Å²) in [5, 5.41) is 8.26. The molecule has 1 aromatic heterocycles. The molecular weight excluding hydrogens is 214 g/mol. The largest absolute Gasteiger partial charge is 0.311 e. The molecule has 0 spiro atoms. The number of rotatable bonds is 7. The van der Waals surface area contributed by atoms with Crippen LogP contribution in [0.3, 0.4) is 0 Å². The fourth-order valence-corrected chi connectivity index (χ4v) is 3.13. The molecule has 1 heterocycles. The number of nitrogens with one attached hydrogen (secondary N) is 1. The van der Waals surface area contributed by atoms with Crippen LogP contribution in [0.4, 0.5) is 0 Å². The van der Waals surface area contributed by atoms with Crippen molar-refractivity contribution in [3.8, 4) is 0 Å². The van der Waals surface area contributed by atoms with E-state index in [0.717, 1.165) is 12.0 Å². The Morgan fingerprint density at radius 2 is 2.31 bits per heavy atom. The number of hydrogen-bond donors (Lipinski definition) is 1. The van der Waals surface area contributed by atoms with Crippen LogP contribution in [0.15, 0.2) is 16.8 Å². The molecule has 1 nitrogen and oxygen atoms in total. The maximum atomic E-state index is 3.82. The zero-order valence-electron chi connectivity index (χ0n) is 10.4. The Kier molecular flexibility index (Phi) is 4.42. The van der Waals surface area contributed by atoms with Gasteiger partial charge in [-0.3, -0.25) is 0 Å². The molecule has 90 valence electrons. The highest BCUT2D eigenvalue weighted by Gasteiger charge is 2.30. The van der Waals surface area contributed by atoms with Gasteiger partial charge in [0, 0.05) is 12.1 Å². The molecule has 1 saturated carbocycles. The van der Waals surface area contributed by atoms with Gasteiger partial charge in [-0.15, -0.1) is 0 Å². The summed E-state index contributed by atoms with van der Waals surface area (Å²) in [6, 6.07) is 3.64. The summed E-state index contributed by atoms with van der Waals surface area (Å²) in [5.74, 6) is 0.977. The van der Waals surface area contributed by atoms with E-state index in [-0.39, 0.29) is 0 Å². The molecule has 2 rings (SSSR count). The lowest BCUT2D eigenvalue weighted by molar-refractivity contribution is 0.383.